The van der Waals surface area contributed by atoms with Crippen molar-refractivity contribution < 1.29 is 0 Å². The molecule has 2 saturated heterocycles. The Morgan fingerprint density at radius 3 is 2.15 bits per heavy atom. The summed E-state index contributed by atoms with van der Waals surface area (Å²) in [6, 6.07) is 2.57. The van der Waals surface area contributed by atoms with Crippen LogP contribution in [-0.4, -0.2) is 36.1 Å². The summed E-state index contributed by atoms with van der Waals surface area (Å²) in [4.78, 5) is 2.89. The van der Waals surface area contributed by atoms with E-state index in [1.54, 1.807) is 0 Å². The number of hydrogen-bond acceptors (Lipinski definition) is 2. The summed E-state index contributed by atoms with van der Waals surface area (Å²) >= 11 is 0. The quantitative estimate of drug-likeness (QED) is 0.766. The number of rotatable bonds is 5. The topological polar surface area (TPSA) is 15.3 Å². The first kappa shape index (κ1) is 14.8. The molecular formula is C18H34N2. The maximum absolute atomic E-state index is 3.80. The average Bonchev–Trinajstić information content (AvgIpc) is 2.68. The van der Waals surface area contributed by atoms with Crippen LogP contribution in [0.25, 0.3) is 0 Å². The van der Waals surface area contributed by atoms with Gasteiger partial charge in [0.2, 0.25) is 0 Å². The highest BCUT2D eigenvalue weighted by Crippen LogP contribution is 2.31. The standard InChI is InChI=1S/C18H34N2/c1-2-11-20(14-15-7-5-3-4-6-8-15)18-12-16-9-10-17(13-18)19-16/h15-19H,2-14H2,1H3. The second-order valence-corrected chi connectivity index (χ2v) is 7.62. The lowest BCUT2D eigenvalue weighted by atomic mass is 9.94. The first-order valence-electron chi connectivity index (χ1n) is 9.35. The number of nitrogens with one attached hydrogen (secondary N) is 1. The van der Waals surface area contributed by atoms with E-state index in [4.69, 9.17) is 0 Å². The van der Waals surface area contributed by atoms with Gasteiger partial charge in [-0.25, -0.2) is 0 Å². The molecule has 0 aromatic carbocycles. The summed E-state index contributed by atoms with van der Waals surface area (Å²) in [7, 11) is 0. The summed E-state index contributed by atoms with van der Waals surface area (Å²) in [6.07, 6.45) is 16.0. The van der Waals surface area contributed by atoms with Gasteiger partial charge in [-0.1, -0.05) is 32.6 Å². The zero-order valence-electron chi connectivity index (χ0n) is 13.4. The van der Waals surface area contributed by atoms with Crippen molar-refractivity contribution in [2.45, 2.75) is 95.7 Å². The van der Waals surface area contributed by atoms with Crippen LogP contribution in [0.1, 0.15) is 77.6 Å². The van der Waals surface area contributed by atoms with E-state index in [2.05, 4.69) is 17.1 Å². The molecule has 116 valence electrons. The third-order valence-corrected chi connectivity index (χ3v) is 5.94. The minimum absolute atomic E-state index is 0.840. The van der Waals surface area contributed by atoms with Gasteiger partial charge in [0.1, 0.15) is 0 Å². The molecule has 2 heteroatoms. The van der Waals surface area contributed by atoms with Crippen LogP contribution in [0, 0.1) is 5.92 Å². The number of nitrogens with zero attached hydrogens (tertiary/aromatic N) is 1. The van der Waals surface area contributed by atoms with Gasteiger partial charge in [-0.3, -0.25) is 0 Å². The van der Waals surface area contributed by atoms with E-state index >= 15 is 0 Å². The van der Waals surface area contributed by atoms with Gasteiger partial charge in [0.25, 0.3) is 0 Å². The van der Waals surface area contributed by atoms with E-state index in [1.165, 1.54) is 83.7 Å². The third-order valence-electron chi connectivity index (χ3n) is 5.94. The Hall–Kier alpha value is -0.0800. The second kappa shape index (κ2) is 7.26. The van der Waals surface area contributed by atoms with Crippen LogP contribution in [0.2, 0.25) is 0 Å². The number of fused-ring (bicyclic) bond motifs is 2. The molecule has 1 aliphatic carbocycles. The molecule has 0 spiro atoms. The average molecular weight is 278 g/mol. The van der Waals surface area contributed by atoms with Crippen LogP contribution in [0.4, 0.5) is 0 Å². The molecule has 0 aromatic heterocycles. The Morgan fingerprint density at radius 2 is 1.55 bits per heavy atom. The van der Waals surface area contributed by atoms with E-state index in [0.29, 0.717) is 0 Å². The molecule has 0 amide bonds. The highest BCUT2D eigenvalue weighted by atomic mass is 15.2. The van der Waals surface area contributed by atoms with Gasteiger partial charge in [0.15, 0.2) is 0 Å². The molecule has 1 N–H and O–H groups in total. The smallest absolute Gasteiger partial charge is 0.0125 e. The van der Waals surface area contributed by atoms with Crippen LogP contribution in [-0.2, 0) is 0 Å². The zero-order chi connectivity index (χ0) is 13.8. The van der Waals surface area contributed by atoms with Crippen LogP contribution < -0.4 is 5.32 Å². The van der Waals surface area contributed by atoms with Gasteiger partial charge in [0, 0.05) is 24.7 Å². The van der Waals surface area contributed by atoms with Crippen molar-refractivity contribution in [1.82, 2.24) is 10.2 Å². The van der Waals surface area contributed by atoms with Crippen molar-refractivity contribution in [3.8, 4) is 0 Å². The Bertz CT molecular complexity index is 271. The molecule has 2 atom stereocenters. The van der Waals surface area contributed by atoms with E-state index in [9.17, 15) is 0 Å². The molecule has 0 aromatic rings. The molecule has 3 aliphatic rings. The summed E-state index contributed by atoms with van der Waals surface area (Å²) in [5.74, 6) is 0.997. The van der Waals surface area contributed by atoms with Crippen molar-refractivity contribution in [3.05, 3.63) is 0 Å². The van der Waals surface area contributed by atoms with E-state index in [-0.39, 0.29) is 0 Å². The van der Waals surface area contributed by atoms with Crippen molar-refractivity contribution in [2.75, 3.05) is 13.1 Å². The molecule has 2 unspecified atom stereocenters. The lowest BCUT2D eigenvalue weighted by molar-refractivity contribution is 0.117. The number of piperidine rings is 1. The van der Waals surface area contributed by atoms with Gasteiger partial charge >= 0.3 is 0 Å². The van der Waals surface area contributed by atoms with Crippen LogP contribution >= 0.6 is 0 Å². The predicted octanol–water partition coefficient (Wildman–Crippen LogP) is 3.95. The maximum Gasteiger partial charge on any atom is 0.0125 e. The Labute approximate surface area is 125 Å². The molecule has 2 nitrogen and oxygen atoms in total. The van der Waals surface area contributed by atoms with Crippen LogP contribution in [0.15, 0.2) is 0 Å². The zero-order valence-corrected chi connectivity index (χ0v) is 13.4. The monoisotopic (exact) mass is 278 g/mol. The molecular weight excluding hydrogens is 244 g/mol. The third kappa shape index (κ3) is 3.76. The van der Waals surface area contributed by atoms with Gasteiger partial charge in [0.05, 0.1) is 0 Å². The molecule has 2 heterocycles. The van der Waals surface area contributed by atoms with E-state index < -0.39 is 0 Å². The van der Waals surface area contributed by atoms with Gasteiger partial charge in [-0.2, -0.15) is 0 Å². The van der Waals surface area contributed by atoms with Crippen molar-refractivity contribution in [2.24, 2.45) is 5.92 Å². The summed E-state index contributed by atoms with van der Waals surface area (Å²) in [5.41, 5.74) is 0. The predicted molar refractivity (Wildman–Crippen MR) is 86.0 cm³/mol. The van der Waals surface area contributed by atoms with Crippen LogP contribution in [0.5, 0.6) is 0 Å². The summed E-state index contributed by atoms with van der Waals surface area (Å²) < 4.78 is 0. The SMILES string of the molecule is CCCN(CC1CCCCCC1)C1CC2CCC(C1)N2. The minimum atomic E-state index is 0.840. The van der Waals surface area contributed by atoms with Crippen molar-refractivity contribution >= 4 is 0 Å². The Kier molecular flexibility index (Phi) is 5.39. The lowest BCUT2D eigenvalue weighted by Crippen LogP contribution is -2.49. The van der Waals surface area contributed by atoms with Crippen LogP contribution in [0.3, 0.4) is 0 Å². The molecule has 3 rings (SSSR count). The molecule has 0 radical (unpaired) electrons. The second-order valence-electron chi connectivity index (χ2n) is 7.62. The van der Waals surface area contributed by atoms with Gasteiger partial charge < -0.3 is 10.2 Å². The Morgan fingerprint density at radius 1 is 0.900 bits per heavy atom. The van der Waals surface area contributed by atoms with Crippen molar-refractivity contribution in [3.63, 3.8) is 0 Å². The van der Waals surface area contributed by atoms with E-state index in [0.717, 1.165) is 24.0 Å². The molecule has 2 bridgehead atoms. The highest BCUT2D eigenvalue weighted by molar-refractivity contribution is 4.96. The largest absolute Gasteiger partial charge is 0.311 e. The maximum atomic E-state index is 3.80. The first-order valence-corrected chi connectivity index (χ1v) is 9.35. The normalized spacial score (nSPS) is 35.4. The lowest BCUT2D eigenvalue weighted by Gasteiger charge is -2.39. The fourth-order valence-corrected chi connectivity index (χ4v) is 4.91. The molecule has 1 saturated carbocycles. The molecule has 3 fully saturated rings. The van der Waals surface area contributed by atoms with Crippen molar-refractivity contribution in [1.29, 1.82) is 0 Å². The highest BCUT2D eigenvalue weighted by Gasteiger charge is 2.36. The molecule has 20 heavy (non-hydrogen) atoms. The van der Waals surface area contributed by atoms with E-state index in [1.807, 2.05) is 0 Å². The molecule has 2 aliphatic heterocycles. The fraction of sp³-hybridized carbons (Fsp3) is 1.00. The first-order chi connectivity index (χ1) is 9.85. The summed E-state index contributed by atoms with van der Waals surface area (Å²) in [6.45, 7) is 5.09. The minimum Gasteiger partial charge on any atom is -0.311 e. The fourth-order valence-electron chi connectivity index (χ4n) is 4.91. The summed E-state index contributed by atoms with van der Waals surface area (Å²) in [5, 5.41) is 3.80. The van der Waals surface area contributed by atoms with Gasteiger partial charge in [-0.05, 0) is 57.4 Å². The number of hydrogen-bond donors (Lipinski definition) is 1. The van der Waals surface area contributed by atoms with Gasteiger partial charge in [-0.15, -0.1) is 0 Å². The Balaban J connectivity index is 1.56.